The third-order valence-electron chi connectivity index (χ3n) is 3.71. The third kappa shape index (κ3) is 4.65. The van der Waals surface area contributed by atoms with Crippen LogP contribution >= 0.6 is 0 Å². The molecule has 6 heteroatoms. The molecular weight excluding hydrogens is 358 g/mol. The van der Waals surface area contributed by atoms with E-state index in [4.69, 9.17) is 0 Å². The number of imidazole rings is 1. The van der Waals surface area contributed by atoms with Crippen molar-refractivity contribution in [2.24, 2.45) is 0 Å². The summed E-state index contributed by atoms with van der Waals surface area (Å²) in [5.74, 6) is -0.0761. The highest BCUT2D eigenvalue weighted by molar-refractivity contribution is 5.91. The van der Waals surface area contributed by atoms with Gasteiger partial charge in [0.15, 0.2) is 12.2 Å². The molecule has 0 fully saturated rings. The summed E-state index contributed by atoms with van der Waals surface area (Å²) in [6, 6.07) is 6.18. The van der Waals surface area contributed by atoms with Gasteiger partial charge in [-0.2, -0.15) is 0 Å². The molecule has 0 saturated heterocycles. The topological polar surface area (TPSA) is 58.1 Å². The van der Waals surface area contributed by atoms with E-state index in [0.29, 0.717) is 0 Å². The summed E-state index contributed by atoms with van der Waals surface area (Å²) in [6.07, 6.45) is 3.67. The van der Waals surface area contributed by atoms with Crippen molar-refractivity contribution < 1.29 is 31.4 Å². The summed E-state index contributed by atoms with van der Waals surface area (Å²) in [6.45, 7) is 8.23. The largest absolute Gasteiger partial charge is 1.00 e. The molecule has 0 atom stereocenters. The number of amides is 1. The third-order valence-corrected chi connectivity index (χ3v) is 3.71. The molecule has 1 heterocycles. The first kappa shape index (κ1) is 19.4. The number of aromatic nitrogens is 2. The number of hydrogen-bond acceptors (Lipinski definition) is 2. The number of anilines is 1. The van der Waals surface area contributed by atoms with Crippen LogP contribution in [0, 0.1) is 13.8 Å². The van der Waals surface area contributed by atoms with Crippen LogP contribution in [0.3, 0.4) is 0 Å². The number of aliphatic hydroxyl groups excluding tert-OH is 1. The summed E-state index contributed by atoms with van der Waals surface area (Å²) in [4.78, 5) is 12.3. The Morgan fingerprint density at radius 1 is 1.30 bits per heavy atom. The maximum atomic E-state index is 12.3. The number of carbonyl (C=O) groups excluding carboxylic acids is 1. The number of benzene rings is 1. The minimum atomic E-state index is -0.0761. The molecule has 0 aliphatic rings. The number of nitrogens with one attached hydrogen (secondary N) is 1. The van der Waals surface area contributed by atoms with Crippen LogP contribution in [-0.2, 0) is 17.9 Å². The molecule has 1 amide bonds. The van der Waals surface area contributed by atoms with Gasteiger partial charge in [0.05, 0.1) is 6.04 Å². The van der Waals surface area contributed by atoms with E-state index in [-0.39, 0.29) is 42.1 Å². The zero-order chi connectivity index (χ0) is 16.3. The minimum absolute atomic E-state index is 0. The van der Waals surface area contributed by atoms with E-state index in [0.717, 1.165) is 22.5 Å². The van der Waals surface area contributed by atoms with Crippen molar-refractivity contribution in [1.29, 1.82) is 0 Å². The van der Waals surface area contributed by atoms with Crippen molar-refractivity contribution in [3.05, 3.63) is 47.5 Å². The Balaban J connectivity index is 0.00000264. The van der Waals surface area contributed by atoms with Crippen LogP contribution in [0.1, 0.15) is 36.7 Å². The van der Waals surface area contributed by atoms with Crippen molar-refractivity contribution >= 4 is 11.6 Å². The number of carbonyl (C=O) groups is 1. The Morgan fingerprint density at radius 3 is 2.39 bits per heavy atom. The molecule has 2 aromatic rings. The molecule has 0 spiro atoms. The van der Waals surface area contributed by atoms with Gasteiger partial charge in [-0.05, 0) is 38.8 Å². The lowest BCUT2D eigenvalue weighted by atomic mass is 10.1. The lowest BCUT2D eigenvalue weighted by Gasteiger charge is -2.10. The first-order valence-corrected chi connectivity index (χ1v) is 7.49. The van der Waals surface area contributed by atoms with Crippen LogP contribution in [0.25, 0.3) is 0 Å². The quantitative estimate of drug-likeness (QED) is 0.660. The van der Waals surface area contributed by atoms with E-state index in [1.165, 1.54) is 0 Å². The van der Waals surface area contributed by atoms with Gasteiger partial charge < -0.3 is 27.4 Å². The van der Waals surface area contributed by atoms with Crippen LogP contribution in [0.15, 0.2) is 30.7 Å². The average molecular weight is 382 g/mol. The molecule has 0 radical (unpaired) electrons. The predicted octanol–water partition coefficient (Wildman–Crippen LogP) is -0.892. The van der Waals surface area contributed by atoms with Gasteiger partial charge in [-0.1, -0.05) is 18.2 Å². The Bertz CT molecular complexity index is 660. The minimum Gasteiger partial charge on any atom is -1.00 e. The summed E-state index contributed by atoms with van der Waals surface area (Å²) in [5, 5.41) is 12.4. The lowest BCUT2D eigenvalue weighted by molar-refractivity contribution is -0.683. The number of aryl methyl sites for hydroxylation is 2. The summed E-state index contributed by atoms with van der Waals surface area (Å²) in [5.41, 5.74) is 3.77. The van der Waals surface area contributed by atoms with E-state index in [1.807, 2.05) is 63.0 Å². The van der Waals surface area contributed by atoms with Gasteiger partial charge in [-0.25, -0.2) is 9.13 Å². The second-order valence-corrected chi connectivity index (χ2v) is 5.88. The maximum absolute atomic E-state index is 12.3. The zero-order valence-corrected chi connectivity index (χ0v) is 15.6. The lowest BCUT2D eigenvalue weighted by Crippen LogP contribution is -3.00. The van der Waals surface area contributed by atoms with Gasteiger partial charge >= 0.3 is 0 Å². The van der Waals surface area contributed by atoms with E-state index in [1.54, 1.807) is 4.57 Å². The molecule has 2 N–H and O–H groups in total. The smallest absolute Gasteiger partial charge is 0.266 e. The van der Waals surface area contributed by atoms with Gasteiger partial charge in [0.25, 0.3) is 5.91 Å². The highest BCUT2D eigenvalue weighted by Gasteiger charge is 2.17. The molecule has 0 aliphatic heterocycles. The van der Waals surface area contributed by atoms with Crippen LogP contribution in [0.2, 0.25) is 0 Å². The second-order valence-electron chi connectivity index (χ2n) is 5.88. The number of rotatable bonds is 5. The molecule has 2 rings (SSSR count). The van der Waals surface area contributed by atoms with Gasteiger partial charge in [0, 0.05) is 5.69 Å². The Kier molecular flexibility index (Phi) is 6.97. The van der Waals surface area contributed by atoms with Crippen LogP contribution in [0.5, 0.6) is 0 Å². The molecule has 0 bridgehead atoms. The average Bonchev–Trinajstić information content (AvgIpc) is 2.86. The van der Waals surface area contributed by atoms with Crippen molar-refractivity contribution in [2.75, 3.05) is 5.32 Å². The SMILES string of the molecule is Cc1cccc(C)c1NC(=O)C[n+]1cc(CO)n(C(C)C)c1.[Br-]. The monoisotopic (exact) mass is 381 g/mol. The van der Waals surface area contributed by atoms with Crippen molar-refractivity contribution in [3.8, 4) is 0 Å². The van der Waals surface area contributed by atoms with E-state index in [2.05, 4.69) is 5.32 Å². The van der Waals surface area contributed by atoms with E-state index >= 15 is 0 Å². The Hall–Kier alpha value is -1.66. The number of aliphatic hydroxyl groups is 1. The number of halogens is 1. The summed E-state index contributed by atoms with van der Waals surface area (Å²) >= 11 is 0. The first-order chi connectivity index (χ1) is 10.4. The van der Waals surface area contributed by atoms with Gasteiger partial charge in [0.2, 0.25) is 6.33 Å². The van der Waals surface area contributed by atoms with E-state index in [9.17, 15) is 9.90 Å². The summed E-state index contributed by atoms with van der Waals surface area (Å²) < 4.78 is 3.76. The van der Waals surface area contributed by atoms with Crippen molar-refractivity contribution in [1.82, 2.24) is 4.57 Å². The fourth-order valence-electron chi connectivity index (χ4n) is 2.56. The van der Waals surface area contributed by atoms with Crippen molar-refractivity contribution in [3.63, 3.8) is 0 Å². The van der Waals surface area contributed by atoms with Crippen molar-refractivity contribution in [2.45, 2.75) is 46.9 Å². The standard InChI is InChI=1S/C17H23N3O2.BrH/c1-12(2)20-11-19(8-15(20)10-21)9-16(22)18-17-13(3)6-5-7-14(17)4;/h5-8,11-12,21H,9-10H2,1-4H3;1H. The molecule has 0 saturated carbocycles. The second kappa shape index (κ2) is 8.26. The highest BCUT2D eigenvalue weighted by Crippen LogP contribution is 2.19. The number of hydrogen-bond donors (Lipinski definition) is 2. The Labute approximate surface area is 147 Å². The molecule has 0 unspecified atom stereocenters. The van der Waals surface area contributed by atoms with Gasteiger partial charge in [0.1, 0.15) is 12.8 Å². The van der Waals surface area contributed by atoms with Crippen LogP contribution in [0.4, 0.5) is 5.69 Å². The normalized spacial score (nSPS) is 10.5. The highest BCUT2D eigenvalue weighted by atomic mass is 79.9. The van der Waals surface area contributed by atoms with Crippen LogP contribution < -0.4 is 26.9 Å². The van der Waals surface area contributed by atoms with Gasteiger partial charge in [-0.3, -0.25) is 4.79 Å². The summed E-state index contributed by atoms with van der Waals surface area (Å²) in [7, 11) is 0. The molecule has 126 valence electrons. The number of nitrogens with zero attached hydrogens (tertiary/aromatic N) is 2. The fraction of sp³-hybridized carbons (Fsp3) is 0.412. The van der Waals surface area contributed by atoms with Gasteiger partial charge in [-0.15, -0.1) is 0 Å². The molecule has 5 nitrogen and oxygen atoms in total. The molecule has 0 aliphatic carbocycles. The first-order valence-electron chi connectivity index (χ1n) is 7.49. The molecule has 23 heavy (non-hydrogen) atoms. The maximum Gasteiger partial charge on any atom is 0.266 e. The fourth-order valence-corrected chi connectivity index (χ4v) is 2.56. The van der Waals surface area contributed by atoms with E-state index < -0.39 is 0 Å². The Morgan fingerprint density at radius 2 is 1.91 bits per heavy atom. The number of para-hydroxylation sites is 1. The van der Waals surface area contributed by atoms with Crippen LogP contribution in [-0.4, -0.2) is 15.6 Å². The molecular formula is C17H24BrN3O2. The zero-order valence-electron chi connectivity index (χ0n) is 14.0. The predicted molar refractivity (Wildman–Crippen MR) is 85.5 cm³/mol. The molecule has 1 aromatic carbocycles. The molecule has 1 aromatic heterocycles.